The van der Waals surface area contributed by atoms with Gasteiger partial charge < -0.3 is 0 Å². The smallest absolute Gasteiger partial charge is 0.260 e. The molecule has 0 atom stereocenters. The standard InChI is InChI=1S/C9H7ClFN3O4S3/c1-5-8(20(10,15)16)19-9(13-5)14-21(17,18)7-2-6(11)3-12-4-7/h2-4H,1H3,(H,13,14). The van der Waals surface area contributed by atoms with Gasteiger partial charge in [0.25, 0.3) is 19.1 Å². The van der Waals surface area contributed by atoms with E-state index in [-0.39, 0.29) is 15.0 Å². The lowest BCUT2D eigenvalue weighted by Crippen LogP contribution is -2.13. The lowest BCUT2D eigenvalue weighted by atomic mass is 10.5. The summed E-state index contributed by atoms with van der Waals surface area (Å²) in [4.78, 5) is 6.78. The molecule has 2 aromatic rings. The van der Waals surface area contributed by atoms with Gasteiger partial charge in [-0.2, -0.15) is 0 Å². The normalized spacial score (nSPS) is 12.3. The van der Waals surface area contributed by atoms with E-state index in [2.05, 4.69) is 9.97 Å². The van der Waals surface area contributed by atoms with Gasteiger partial charge in [0.05, 0.1) is 11.9 Å². The lowest BCUT2D eigenvalue weighted by molar-refractivity contribution is 0.592. The second kappa shape index (κ2) is 5.48. The molecule has 21 heavy (non-hydrogen) atoms. The highest BCUT2D eigenvalue weighted by Crippen LogP contribution is 2.30. The quantitative estimate of drug-likeness (QED) is 0.820. The Morgan fingerprint density at radius 2 is 1.95 bits per heavy atom. The van der Waals surface area contributed by atoms with E-state index in [9.17, 15) is 21.2 Å². The van der Waals surface area contributed by atoms with Gasteiger partial charge in [0, 0.05) is 16.9 Å². The Morgan fingerprint density at radius 3 is 2.48 bits per heavy atom. The summed E-state index contributed by atoms with van der Waals surface area (Å²) in [5.74, 6) is -0.822. The van der Waals surface area contributed by atoms with Crippen LogP contribution in [0.15, 0.2) is 27.6 Å². The molecule has 0 bridgehead atoms. The third kappa shape index (κ3) is 3.67. The van der Waals surface area contributed by atoms with Crippen LogP contribution in [-0.4, -0.2) is 26.8 Å². The highest BCUT2D eigenvalue weighted by atomic mass is 35.7. The third-order valence-corrected chi connectivity index (χ3v) is 6.87. The van der Waals surface area contributed by atoms with Crippen LogP contribution in [-0.2, 0) is 19.1 Å². The van der Waals surface area contributed by atoms with Crippen LogP contribution in [0.3, 0.4) is 0 Å². The van der Waals surface area contributed by atoms with Crippen molar-refractivity contribution in [2.75, 3.05) is 4.72 Å². The van der Waals surface area contributed by atoms with Crippen LogP contribution >= 0.6 is 22.0 Å². The van der Waals surface area contributed by atoms with E-state index in [1.165, 1.54) is 6.92 Å². The van der Waals surface area contributed by atoms with E-state index in [4.69, 9.17) is 10.7 Å². The summed E-state index contributed by atoms with van der Waals surface area (Å²) in [6.07, 6.45) is 1.80. The van der Waals surface area contributed by atoms with Crippen molar-refractivity contribution < 1.29 is 21.2 Å². The highest BCUT2D eigenvalue weighted by Gasteiger charge is 2.23. The number of aromatic nitrogens is 2. The summed E-state index contributed by atoms with van der Waals surface area (Å²) in [5, 5.41) is -0.198. The molecule has 0 amide bonds. The molecular weight excluding hydrogens is 365 g/mol. The van der Waals surface area contributed by atoms with E-state index >= 15 is 0 Å². The van der Waals surface area contributed by atoms with Crippen molar-refractivity contribution >= 4 is 46.2 Å². The molecule has 114 valence electrons. The number of rotatable bonds is 4. The van der Waals surface area contributed by atoms with Crippen molar-refractivity contribution in [2.24, 2.45) is 0 Å². The Hall–Kier alpha value is -1.30. The van der Waals surface area contributed by atoms with Gasteiger partial charge in [0.1, 0.15) is 10.7 Å². The van der Waals surface area contributed by atoms with Crippen LogP contribution in [0.25, 0.3) is 0 Å². The summed E-state index contributed by atoms with van der Waals surface area (Å²) in [5.41, 5.74) is 0.0602. The molecule has 0 aliphatic heterocycles. The molecule has 0 spiro atoms. The van der Waals surface area contributed by atoms with Gasteiger partial charge in [0.15, 0.2) is 9.34 Å². The molecule has 0 unspecified atom stereocenters. The zero-order chi connectivity index (χ0) is 15.8. The maximum absolute atomic E-state index is 13.0. The molecule has 0 saturated heterocycles. The molecule has 0 fully saturated rings. The van der Waals surface area contributed by atoms with Crippen LogP contribution in [0.5, 0.6) is 0 Å². The summed E-state index contributed by atoms with van der Waals surface area (Å²) in [7, 11) is -2.95. The molecule has 0 aromatic carbocycles. The molecule has 0 aliphatic rings. The van der Waals surface area contributed by atoms with E-state index in [0.717, 1.165) is 18.5 Å². The van der Waals surface area contributed by atoms with Crippen LogP contribution in [0.2, 0.25) is 0 Å². The monoisotopic (exact) mass is 371 g/mol. The Bertz CT molecular complexity index is 895. The molecule has 1 N–H and O–H groups in total. The van der Waals surface area contributed by atoms with E-state index in [0.29, 0.717) is 11.3 Å². The summed E-state index contributed by atoms with van der Waals surface area (Å²) < 4.78 is 61.3. The average Bonchev–Trinajstić information content (AvgIpc) is 2.69. The number of thiazole rings is 1. The van der Waals surface area contributed by atoms with Gasteiger partial charge in [-0.05, 0) is 13.0 Å². The molecule has 2 aromatic heterocycles. The van der Waals surface area contributed by atoms with E-state index < -0.39 is 29.8 Å². The third-order valence-electron chi connectivity index (χ3n) is 2.19. The summed E-state index contributed by atoms with van der Waals surface area (Å²) in [6, 6.07) is 0.773. The Morgan fingerprint density at radius 1 is 1.29 bits per heavy atom. The minimum atomic E-state index is -4.13. The maximum atomic E-state index is 13.0. The molecule has 0 aliphatic carbocycles. The number of sulfonamides is 1. The van der Waals surface area contributed by atoms with Crippen molar-refractivity contribution in [1.29, 1.82) is 0 Å². The van der Waals surface area contributed by atoms with Crippen molar-refractivity contribution in [3.05, 3.63) is 30.0 Å². The van der Waals surface area contributed by atoms with Gasteiger partial charge in [-0.15, -0.1) is 0 Å². The van der Waals surface area contributed by atoms with Crippen LogP contribution in [0, 0.1) is 12.7 Å². The van der Waals surface area contributed by atoms with Crippen molar-refractivity contribution in [1.82, 2.24) is 9.97 Å². The first-order valence-corrected chi connectivity index (χ1v) is 9.76. The Balaban J connectivity index is 2.38. The predicted molar refractivity (Wildman–Crippen MR) is 74.9 cm³/mol. The minimum Gasteiger partial charge on any atom is -0.260 e. The predicted octanol–water partition coefficient (Wildman–Crippen LogP) is 1.71. The number of nitrogens with zero attached hydrogens (tertiary/aromatic N) is 2. The number of hydrogen-bond acceptors (Lipinski definition) is 7. The number of aryl methyl sites for hydroxylation is 1. The first kappa shape index (κ1) is 16.1. The molecular formula is C9H7ClFN3O4S3. The van der Waals surface area contributed by atoms with Crippen LogP contribution < -0.4 is 4.72 Å². The largest absolute Gasteiger partial charge is 0.272 e. The zero-order valence-corrected chi connectivity index (χ0v) is 13.4. The van der Waals surface area contributed by atoms with Gasteiger partial charge in [0.2, 0.25) is 0 Å². The second-order valence-corrected chi connectivity index (χ2v) is 9.22. The minimum absolute atomic E-state index is 0.0602. The molecule has 2 rings (SSSR count). The molecule has 0 radical (unpaired) electrons. The topological polar surface area (TPSA) is 106 Å². The first-order valence-electron chi connectivity index (χ1n) is 5.15. The molecule has 7 nitrogen and oxygen atoms in total. The van der Waals surface area contributed by atoms with Crippen LogP contribution in [0.4, 0.5) is 9.52 Å². The fraction of sp³-hybridized carbons (Fsp3) is 0.111. The number of nitrogens with one attached hydrogen (secondary N) is 1. The fourth-order valence-corrected chi connectivity index (χ4v) is 4.93. The molecule has 0 saturated carbocycles. The van der Waals surface area contributed by atoms with Crippen molar-refractivity contribution in [3.8, 4) is 0 Å². The van der Waals surface area contributed by atoms with Crippen molar-refractivity contribution in [3.63, 3.8) is 0 Å². The molecule has 12 heteroatoms. The van der Waals surface area contributed by atoms with Crippen molar-refractivity contribution in [2.45, 2.75) is 16.0 Å². The SMILES string of the molecule is Cc1nc(NS(=O)(=O)c2cncc(F)c2)sc1S(=O)(=O)Cl. The fourth-order valence-electron chi connectivity index (χ4n) is 1.37. The van der Waals surface area contributed by atoms with E-state index in [1.54, 1.807) is 0 Å². The Labute approximate surface area is 128 Å². The lowest BCUT2D eigenvalue weighted by Gasteiger charge is -2.04. The van der Waals surface area contributed by atoms with Gasteiger partial charge >= 0.3 is 0 Å². The number of pyridine rings is 1. The maximum Gasteiger partial charge on any atom is 0.272 e. The highest BCUT2D eigenvalue weighted by molar-refractivity contribution is 8.15. The number of halogens is 2. The Kier molecular flexibility index (Phi) is 4.19. The van der Waals surface area contributed by atoms with Gasteiger partial charge in [-0.3, -0.25) is 9.71 Å². The van der Waals surface area contributed by atoms with Gasteiger partial charge in [-0.1, -0.05) is 11.3 Å². The summed E-state index contributed by atoms with van der Waals surface area (Å²) in [6.45, 7) is 1.37. The second-order valence-electron chi connectivity index (χ2n) is 3.77. The molecule has 2 heterocycles. The number of anilines is 1. The zero-order valence-electron chi connectivity index (χ0n) is 10.2. The van der Waals surface area contributed by atoms with Gasteiger partial charge in [-0.25, -0.2) is 26.2 Å². The number of hydrogen-bond donors (Lipinski definition) is 1. The van der Waals surface area contributed by atoms with E-state index in [1.807, 2.05) is 4.72 Å². The first-order chi connectivity index (χ1) is 9.59. The van der Waals surface area contributed by atoms with Crippen LogP contribution in [0.1, 0.15) is 5.69 Å². The summed E-state index contributed by atoms with van der Waals surface area (Å²) >= 11 is 0.557. The average molecular weight is 372 g/mol.